The van der Waals surface area contributed by atoms with E-state index in [0.717, 1.165) is 24.2 Å². The van der Waals surface area contributed by atoms with Crippen molar-refractivity contribution in [2.24, 2.45) is 11.8 Å². The zero-order valence-electron chi connectivity index (χ0n) is 13.8. The first kappa shape index (κ1) is 15.3. The molecule has 1 heterocycles. The lowest BCUT2D eigenvalue weighted by Gasteiger charge is -2.31. The highest BCUT2D eigenvalue weighted by Crippen LogP contribution is 2.49. The summed E-state index contributed by atoms with van der Waals surface area (Å²) >= 11 is 0. The summed E-state index contributed by atoms with van der Waals surface area (Å²) in [6.45, 7) is 7.26. The van der Waals surface area contributed by atoms with E-state index in [-0.39, 0.29) is 18.0 Å². The number of methoxy groups -OCH3 is 1. The Kier molecular flexibility index (Phi) is 4.13. The van der Waals surface area contributed by atoms with E-state index in [1.165, 1.54) is 16.7 Å². The molecule has 1 aliphatic carbocycles. The van der Waals surface area contributed by atoms with E-state index >= 15 is 0 Å². The maximum absolute atomic E-state index is 12.0. The molecule has 4 nitrogen and oxygen atoms in total. The summed E-state index contributed by atoms with van der Waals surface area (Å²) in [5.74, 6) is 1.11. The summed E-state index contributed by atoms with van der Waals surface area (Å²) in [5, 5.41) is 0. The third kappa shape index (κ3) is 2.39. The van der Waals surface area contributed by atoms with Crippen molar-refractivity contribution in [1.29, 1.82) is 0 Å². The van der Waals surface area contributed by atoms with Gasteiger partial charge in [0.2, 0.25) is 0 Å². The minimum absolute atomic E-state index is 0.00378. The second kappa shape index (κ2) is 5.92. The zero-order valence-corrected chi connectivity index (χ0v) is 13.8. The Bertz CT molecular complexity index is 593. The van der Waals surface area contributed by atoms with Crippen LogP contribution in [-0.4, -0.2) is 26.3 Å². The van der Waals surface area contributed by atoms with Gasteiger partial charge in [-0.2, -0.15) is 0 Å². The predicted molar refractivity (Wildman–Crippen MR) is 83.1 cm³/mol. The standard InChI is InChI=1S/C18H24O4/c1-10-9-15(21-8-7-20-4)12(3)16-13(10)5-6-14-11(2)18(19)22-17(14)16/h9,11,14,17H,5-8H2,1-4H3/t11-,14-,17+/m0/s1. The molecule has 0 bridgehead atoms. The number of rotatable bonds is 4. The fourth-order valence-electron chi connectivity index (χ4n) is 3.81. The van der Waals surface area contributed by atoms with E-state index in [0.29, 0.717) is 19.1 Å². The van der Waals surface area contributed by atoms with Gasteiger partial charge in [0, 0.05) is 18.6 Å². The quantitative estimate of drug-likeness (QED) is 0.633. The maximum Gasteiger partial charge on any atom is 0.309 e. The molecule has 0 radical (unpaired) electrons. The second-order valence-electron chi connectivity index (χ2n) is 6.40. The number of fused-ring (bicyclic) bond motifs is 3. The Morgan fingerprint density at radius 2 is 2.09 bits per heavy atom. The number of carbonyl (C=O) groups is 1. The fourth-order valence-corrected chi connectivity index (χ4v) is 3.81. The molecule has 22 heavy (non-hydrogen) atoms. The number of aryl methyl sites for hydroxylation is 1. The summed E-state index contributed by atoms with van der Waals surface area (Å²) < 4.78 is 16.6. The van der Waals surface area contributed by atoms with Crippen LogP contribution in [0.4, 0.5) is 0 Å². The molecule has 3 rings (SSSR count). The van der Waals surface area contributed by atoms with Gasteiger partial charge in [0.15, 0.2) is 0 Å². The van der Waals surface area contributed by atoms with Crippen LogP contribution in [0, 0.1) is 25.7 Å². The number of hydrogen-bond acceptors (Lipinski definition) is 4. The first-order chi connectivity index (χ1) is 10.5. The van der Waals surface area contributed by atoms with Gasteiger partial charge in [-0.15, -0.1) is 0 Å². The molecule has 0 aromatic heterocycles. The highest BCUT2D eigenvalue weighted by Gasteiger charge is 2.46. The van der Waals surface area contributed by atoms with E-state index in [9.17, 15) is 4.79 Å². The second-order valence-corrected chi connectivity index (χ2v) is 6.40. The van der Waals surface area contributed by atoms with E-state index in [2.05, 4.69) is 19.9 Å². The molecule has 1 aromatic carbocycles. The zero-order chi connectivity index (χ0) is 15.9. The van der Waals surface area contributed by atoms with Crippen LogP contribution in [0.25, 0.3) is 0 Å². The largest absolute Gasteiger partial charge is 0.491 e. The van der Waals surface area contributed by atoms with Gasteiger partial charge in [-0.05, 0) is 49.4 Å². The Balaban J connectivity index is 1.99. The Hall–Kier alpha value is -1.55. The van der Waals surface area contributed by atoms with Gasteiger partial charge in [-0.3, -0.25) is 4.79 Å². The van der Waals surface area contributed by atoms with Gasteiger partial charge < -0.3 is 14.2 Å². The molecule has 0 spiro atoms. The lowest BCUT2D eigenvalue weighted by molar-refractivity contribution is -0.144. The lowest BCUT2D eigenvalue weighted by atomic mass is 9.74. The number of ether oxygens (including phenoxy) is 3. The van der Waals surface area contributed by atoms with Crippen molar-refractivity contribution < 1.29 is 19.0 Å². The molecular weight excluding hydrogens is 280 g/mol. The van der Waals surface area contributed by atoms with Crippen LogP contribution in [-0.2, 0) is 20.7 Å². The monoisotopic (exact) mass is 304 g/mol. The lowest BCUT2D eigenvalue weighted by Crippen LogP contribution is -2.22. The topological polar surface area (TPSA) is 44.8 Å². The first-order valence-electron chi connectivity index (χ1n) is 7.99. The highest BCUT2D eigenvalue weighted by molar-refractivity contribution is 5.76. The fraction of sp³-hybridized carbons (Fsp3) is 0.611. The van der Waals surface area contributed by atoms with Crippen molar-refractivity contribution in [3.63, 3.8) is 0 Å². The summed E-state index contributed by atoms with van der Waals surface area (Å²) in [6.07, 6.45) is 1.94. The van der Waals surface area contributed by atoms with Gasteiger partial charge >= 0.3 is 5.97 Å². The van der Waals surface area contributed by atoms with Crippen LogP contribution >= 0.6 is 0 Å². The number of benzene rings is 1. The molecule has 3 atom stereocenters. The summed E-state index contributed by atoms with van der Waals surface area (Å²) in [5.41, 5.74) is 4.84. The van der Waals surface area contributed by atoms with Crippen molar-refractivity contribution >= 4 is 5.97 Å². The van der Waals surface area contributed by atoms with Crippen LogP contribution in [0.1, 0.15) is 41.7 Å². The van der Waals surface area contributed by atoms with Gasteiger partial charge in [0.25, 0.3) is 0 Å². The Labute approximate surface area is 131 Å². The Morgan fingerprint density at radius 1 is 1.32 bits per heavy atom. The van der Waals surface area contributed by atoms with Crippen molar-refractivity contribution in [2.45, 2.75) is 39.7 Å². The molecule has 4 heteroatoms. The molecule has 120 valence electrons. The van der Waals surface area contributed by atoms with Crippen LogP contribution in [0.5, 0.6) is 5.75 Å². The number of esters is 1. The number of carbonyl (C=O) groups excluding carboxylic acids is 1. The Morgan fingerprint density at radius 3 is 2.82 bits per heavy atom. The molecule has 1 aliphatic heterocycles. The molecule has 2 aliphatic rings. The predicted octanol–water partition coefficient (Wildman–Crippen LogP) is 3.13. The number of hydrogen-bond donors (Lipinski definition) is 0. The molecule has 0 amide bonds. The normalized spacial score (nSPS) is 26.4. The minimum atomic E-state index is -0.101. The van der Waals surface area contributed by atoms with E-state index in [1.807, 2.05) is 6.92 Å². The molecule has 1 fully saturated rings. The third-order valence-electron chi connectivity index (χ3n) is 5.13. The average molecular weight is 304 g/mol. The van der Waals surface area contributed by atoms with Gasteiger partial charge in [-0.1, -0.05) is 6.92 Å². The molecule has 0 unspecified atom stereocenters. The molecular formula is C18H24O4. The van der Waals surface area contributed by atoms with Crippen molar-refractivity contribution in [1.82, 2.24) is 0 Å². The highest BCUT2D eigenvalue weighted by atomic mass is 16.6. The van der Waals surface area contributed by atoms with Crippen molar-refractivity contribution in [2.75, 3.05) is 20.3 Å². The van der Waals surface area contributed by atoms with Crippen LogP contribution in [0.3, 0.4) is 0 Å². The summed E-state index contributed by atoms with van der Waals surface area (Å²) in [7, 11) is 1.66. The molecule has 0 N–H and O–H groups in total. The molecule has 1 saturated heterocycles. The van der Waals surface area contributed by atoms with Crippen molar-refractivity contribution in [3.8, 4) is 5.75 Å². The smallest absolute Gasteiger partial charge is 0.309 e. The third-order valence-corrected chi connectivity index (χ3v) is 5.13. The van der Waals surface area contributed by atoms with Crippen LogP contribution < -0.4 is 4.74 Å². The SMILES string of the molecule is COCCOc1cc(C)c2c(c1C)[C@@H]1OC(=O)[C@@H](C)[C@@H]1CC2. The van der Waals surface area contributed by atoms with Gasteiger partial charge in [0.1, 0.15) is 18.5 Å². The van der Waals surface area contributed by atoms with E-state index in [4.69, 9.17) is 14.2 Å². The summed E-state index contributed by atoms with van der Waals surface area (Å²) in [4.78, 5) is 12.0. The maximum atomic E-state index is 12.0. The van der Waals surface area contributed by atoms with Crippen LogP contribution in [0.2, 0.25) is 0 Å². The van der Waals surface area contributed by atoms with E-state index in [1.54, 1.807) is 7.11 Å². The average Bonchev–Trinajstić information content (AvgIpc) is 2.79. The molecule has 0 saturated carbocycles. The van der Waals surface area contributed by atoms with E-state index < -0.39 is 0 Å². The van der Waals surface area contributed by atoms with Gasteiger partial charge in [0.05, 0.1) is 12.5 Å². The van der Waals surface area contributed by atoms with Gasteiger partial charge in [-0.25, -0.2) is 0 Å². The summed E-state index contributed by atoms with van der Waals surface area (Å²) in [6, 6.07) is 2.10. The first-order valence-corrected chi connectivity index (χ1v) is 7.99. The van der Waals surface area contributed by atoms with Crippen molar-refractivity contribution in [3.05, 3.63) is 28.3 Å². The minimum Gasteiger partial charge on any atom is -0.491 e. The molecule has 1 aromatic rings. The van der Waals surface area contributed by atoms with Crippen LogP contribution in [0.15, 0.2) is 6.07 Å².